The number of carbonyl (C=O) groups excluding carboxylic acids is 1. The first-order chi connectivity index (χ1) is 12.4. The normalized spacial score (nSPS) is 20.8. The third-order valence-electron chi connectivity index (χ3n) is 5.13. The van der Waals surface area contributed by atoms with Gasteiger partial charge in [0.05, 0.1) is 29.5 Å². The number of nitrogens with zero attached hydrogens (tertiary/aromatic N) is 6. The Labute approximate surface area is 151 Å². The molecule has 0 bridgehead atoms. The molecule has 1 aliphatic heterocycles. The van der Waals surface area contributed by atoms with Gasteiger partial charge in [-0.3, -0.25) is 9.48 Å². The molecule has 0 spiro atoms. The van der Waals surface area contributed by atoms with Crippen LogP contribution in [-0.4, -0.2) is 61.3 Å². The van der Waals surface area contributed by atoms with Crippen molar-refractivity contribution in [3.05, 3.63) is 41.7 Å². The fraction of sp³-hybridized carbons (Fsp3) is 0.444. The van der Waals surface area contributed by atoms with E-state index >= 15 is 0 Å². The highest BCUT2D eigenvalue weighted by atomic mass is 16.1. The molecule has 136 valence electrons. The maximum atomic E-state index is 13.1. The van der Waals surface area contributed by atoms with Gasteiger partial charge in [0.15, 0.2) is 5.65 Å². The molecule has 0 aliphatic carbocycles. The minimum Gasteiger partial charge on any atom is -0.347 e. The van der Waals surface area contributed by atoms with Crippen molar-refractivity contribution in [2.75, 3.05) is 20.1 Å². The van der Waals surface area contributed by atoms with Gasteiger partial charge in [0, 0.05) is 50.7 Å². The van der Waals surface area contributed by atoms with Gasteiger partial charge in [-0.25, -0.2) is 9.97 Å². The molecule has 0 radical (unpaired) electrons. The zero-order valence-electron chi connectivity index (χ0n) is 15.5. The molecule has 4 heterocycles. The number of hydrogen-bond acceptors (Lipinski definition) is 5. The third kappa shape index (κ3) is 2.76. The lowest BCUT2D eigenvalue weighted by Gasteiger charge is -2.20. The summed E-state index contributed by atoms with van der Waals surface area (Å²) >= 11 is 0. The molecule has 1 saturated heterocycles. The van der Waals surface area contributed by atoms with Crippen molar-refractivity contribution in [1.29, 1.82) is 0 Å². The third-order valence-corrected chi connectivity index (χ3v) is 5.13. The molecular weight excluding hydrogens is 330 g/mol. The number of carbonyl (C=O) groups is 1. The predicted molar refractivity (Wildman–Crippen MR) is 97.9 cm³/mol. The SMILES string of the molecule is Cc1cc(C(=O)N[C@@H]2CN(C)C[C@H]2c2cncn2C)c2cnn(C)c2n1. The average Bonchev–Trinajstić information content (AvgIpc) is 3.27. The zero-order chi connectivity index (χ0) is 18.4. The van der Waals surface area contributed by atoms with Gasteiger partial charge in [0.1, 0.15) is 0 Å². The number of hydrogen-bond donors (Lipinski definition) is 1. The van der Waals surface area contributed by atoms with Gasteiger partial charge in [-0.15, -0.1) is 0 Å². The van der Waals surface area contributed by atoms with E-state index in [0.717, 1.165) is 35.5 Å². The summed E-state index contributed by atoms with van der Waals surface area (Å²) in [6, 6.07) is 1.86. The maximum Gasteiger partial charge on any atom is 0.252 e. The van der Waals surface area contributed by atoms with Crippen LogP contribution in [0.25, 0.3) is 11.0 Å². The van der Waals surface area contributed by atoms with Crippen molar-refractivity contribution >= 4 is 16.9 Å². The number of amides is 1. The molecule has 1 N–H and O–H groups in total. The predicted octanol–water partition coefficient (Wildman–Crippen LogP) is 0.838. The Morgan fingerprint density at radius 1 is 1.23 bits per heavy atom. The van der Waals surface area contributed by atoms with Crippen LogP contribution in [0.4, 0.5) is 0 Å². The minimum atomic E-state index is -0.0824. The van der Waals surface area contributed by atoms with Crippen molar-refractivity contribution in [3.8, 4) is 0 Å². The highest BCUT2D eigenvalue weighted by Crippen LogP contribution is 2.27. The van der Waals surface area contributed by atoms with Crippen molar-refractivity contribution in [3.63, 3.8) is 0 Å². The Balaban J connectivity index is 1.64. The van der Waals surface area contributed by atoms with Gasteiger partial charge in [-0.2, -0.15) is 5.10 Å². The van der Waals surface area contributed by atoms with Crippen LogP contribution in [0.15, 0.2) is 24.8 Å². The van der Waals surface area contributed by atoms with Crippen molar-refractivity contribution < 1.29 is 4.79 Å². The summed E-state index contributed by atoms with van der Waals surface area (Å²) in [5.41, 5.74) is 3.29. The van der Waals surface area contributed by atoms with Gasteiger partial charge in [0.25, 0.3) is 5.91 Å². The number of nitrogens with one attached hydrogen (secondary N) is 1. The Bertz CT molecular complexity index is 973. The molecule has 3 aromatic heterocycles. The molecule has 4 rings (SSSR count). The number of rotatable bonds is 3. The minimum absolute atomic E-state index is 0.0306. The van der Waals surface area contributed by atoms with Crippen LogP contribution in [0.2, 0.25) is 0 Å². The Hall–Kier alpha value is -2.74. The van der Waals surface area contributed by atoms with E-state index in [2.05, 4.69) is 32.3 Å². The molecule has 1 aliphatic rings. The summed E-state index contributed by atoms with van der Waals surface area (Å²) in [7, 11) is 5.90. The van der Waals surface area contributed by atoms with Crippen LogP contribution < -0.4 is 5.32 Å². The molecule has 8 nitrogen and oxygen atoms in total. The van der Waals surface area contributed by atoms with Crippen molar-refractivity contribution in [2.45, 2.75) is 18.9 Å². The maximum absolute atomic E-state index is 13.1. The van der Waals surface area contributed by atoms with Gasteiger partial charge in [-0.05, 0) is 20.0 Å². The Morgan fingerprint density at radius 3 is 2.77 bits per heavy atom. The number of aromatic nitrogens is 5. The number of imidazole rings is 1. The van der Waals surface area contributed by atoms with Crippen LogP contribution in [0.5, 0.6) is 0 Å². The fourth-order valence-electron chi connectivity index (χ4n) is 3.84. The fourth-order valence-corrected chi connectivity index (χ4v) is 3.84. The lowest BCUT2D eigenvalue weighted by Crippen LogP contribution is -2.40. The molecule has 0 aromatic carbocycles. The van der Waals surface area contributed by atoms with E-state index in [1.54, 1.807) is 17.2 Å². The average molecular weight is 353 g/mol. The largest absolute Gasteiger partial charge is 0.347 e. The first kappa shape index (κ1) is 16.7. The first-order valence-corrected chi connectivity index (χ1v) is 8.69. The summed E-state index contributed by atoms with van der Waals surface area (Å²) in [4.78, 5) is 24.0. The van der Waals surface area contributed by atoms with Crippen molar-refractivity contribution in [2.24, 2.45) is 14.1 Å². The number of likely N-dealkylation sites (tertiary alicyclic amines) is 1. The first-order valence-electron chi connectivity index (χ1n) is 8.69. The smallest absolute Gasteiger partial charge is 0.252 e. The van der Waals surface area contributed by atoms with E-state index in [-0.39, 0.29) is 17.9 Å². The molecule has 8 heteroatoms. The number of fused-ring (bicyclic) bond motifs is 1. The lowest BCUT2D eigenvalue weighted by molar-refractivity contribution is 0.0937. The van der Waals surface area contributed by atoms with Crippen LogP contribution >= 0.6 is 0 Å². The van der Waals surface area contributed by atoms with Crippen LogP contribution in [-0.2, 0) is 14.1 Å². The molecule has 3 aromatic rings. The number of likely N-dealkylation sites (N-methyl/N-ethyl adjacent to an activating group) is 1. The molecule has 26 heavy (non-hydrogen) atoms. The summed E-state index contributed by atoms with van der Waals surface area (Å²) in [5, 5.41) is 8.26. The monoisotopic (exact) mass is 353 g/mol. The quantitative estimate of drug-likeness (QED) is 0.755. The summed E-state index contributed by atoms with van der Waals surface area (Å²) in [5.74, 6) is 0.129. The second kappa shape index (κ2) is 6.21. The van der Waals surface area contributed by atoms with E-state index < -0.39 is 0 Å². The topological polar surface area (TPSA) is 80.9 Å². The lowest BCUT2D eigenvalue weighted by atomic mass is 9.99. The molecule has 2 atom stereocenters. The molecule has 0 saturated carbocycles. The molecule has 0 unspecified atom stereocenters. The molecule has 1 fully saturated rings. The van der Waals surface area contributed by atoms with Crippen LogP contribution in [0.3, 0.4) is 0 Å². The van der Waals surface area contributed by atoms with Gasteiger partial charge >= 0.3 is 0 Å². The molecule has 1 amide bonds. The highest BCUT2D eigenvalue weighted by Gasteiger charge is 2.35. The summed E-state index contributed by atoms with van der Waals surface area (Å²) in [6.07, 6.45) is 5.40. The summed E-state index contributed by atoms with van der Waals surface area (Å²) in [6.45, 7) is 3.59. The van der Waals surface area contributed by atoms with Gasteiger partial charge < -0.3 is 14.8 Å². The second-order valence-electron chi connectivity index (χ2n) is 7.15. The summed E-state index contributed by atoms with van der Waals surface area (Å²) < 4.78 is 3.72. The van der Waals surface area contributed by atoms with Crippen LogP contribution in [0.1, 0.15) is 27.7 Å². The van der Waals surface area contributed by atoms with E-state index in [9.17, 15) is 4.79 Å². The van der Waals surface area contributed by atoms with E-state index in [0.29, 0.717) is 5.56 Å². The van der Waals surface area contributed by atoms with Gasteiger partial charge in [0.2, 0.25) is 0 Å². The van der Waals surface area contributed by atoms with E-state index in [1.807, 2.05) is 37.8 Å². The van der Waals surface area contributed by atoms with Crippen LogP contribution in [0, 0.1) is 6.92 Å². The number of pyridine rings is 1. The van der Waals surface area contributed by atoms with E-state index in [1.165, 1.54) is 0 Å². The zero-order valence-corrected chi connectivity index (χ0v) is 15.5. The molecular formula is C18H23N7O. The standard InChI is InChI=1S/C18H23N7O/c1-11-5-12(13-6-20-25(4)17(13)21-11)18(26)22-15-9-23(2)8-14(15)16-7-19-10-24(16)3/h5-7,10,14-15H,8-9H2,1-4H3,(H,22,26)/t14-,15-/m1/s1. The van der Waals surface area contributed by atoms with E-state index in [4.69, 9.17) is 0 Å². The number of aryl methyl sites for hydroxylation is 3. The highest BCUT2D eigenvalue weighted by molar-refractivity contribution is 6.05. The second-order valence-corrected chi connectivity index (χ2v) is 7.15. The van der Waals surface area contributed by atoms with Crippen molar-refractivity contribution in [1.82, 2.24) is 34.5 Å². The van der Waals surface area contributed by atoms with Gasteiger partial charge in [-0.1, -0.05) is 0 Å². The Kier molecular flexibility index (Phi) is 3.99. The Morgan fingerprint density at radius 2 is 2.04 bits per heavy atom.